The minimum atomic E-state index is -0.834. The molecule has 0 heterocycles. The number of rotatable bonds is 57. The zero-order valence-corrected chi connectivity index (χ0v) is 52.0. The smallest absolute Gasteiger partial charge is 0.306 e. The molecule has 0 fully saturated rings. The third-order valence-electron chi connectivity index (χ3n) is 13.2. The van der Waals surface area contributed by atoms with Crippen molar-refractivity contribution in [3.8, 4) is 0 Å². The Labute approximate surface area is 498 Å². The van der Waals surface area contributed by atoms with Crippen LogP contribution in [0.1, 0.15) is 265 Å². The lowest BCUT2D eigenvalue weighted by Crippen LogP contribution is -2.30. The van der Waals surface area contributed by atoms with Gasteiger partial charge in [-0.25, -0.2) is 0 Å². The van der Waals surface area contributed by atoms with E-state index in [-0.39, 0.29) is 44.0 Å². The summed E-state index contributed by atoms with van der Waals surface area (Å²) in [4.78, 5) is 38.3. The summed E-state index contributed by atoms with van der Waals surface area (Å²) in [5.74, 6) is -1.03. The van der Waals surface area contributed by atoms with Gasteiger partial charge in [0, 0.05) is 19.3 Å². The van der Waals surface area contributed by atoms with Gasteiger partial charge < -0.3 is 14.2 Å². The van der Waals surface area contributed by atoms with E-state index in [0.29, 0.717) is 19.3 Å². The second kappa shape index (κ2) is 67.3. The van der Waals surface area contributed by atoms with E-state index in [2.05, 4.69) is 191 Å². The minimum Gasteiger partial charge on any atom is -0.462 e. The van der Waals surface area contributed by atoms with Crippen molar-refractivity contribution in [2.45, 2.75) is 271 Å². The molecule has 0 saturated carbocycles. The number of carbonyl (C=O) groups excluding carboxylic acids is 3. The molecule has 0 aromatic heterocycles. The fraction of sp³-hybridized carbons (Fsp3) is 0.587. The first-order valence-corrected chi connectivity index (χ1v) is 32.6. The summed E-state index contributed by atoms with van der Waals surface area (Å²) in [6.07, 6.45) is 99.5. The molecule has 0 spiro atoms. The molecule has 0 N–H and O–H groups in total. The molecule has 81 heavy (non-hydrogen) atoms. The molecule has 0 amide bonds. The minimum absolute atomic E-state index is 0.120. The maximum absolute atomic E-state index is 12.9. The molecular formula is C75H118O6. The molecule has 0 rings (SSSR count). The van der Waals surface area contributed by atoms with Gasteiger partial charge in [0.2, 0.25) is 0 Å². The van der Waals surface area contributed by atoms with Crippen LogP contribution in [0.15, 0.2) is 170 Å². The van der Waals surface area contributed by atoms with Gasteiger partial charge in [-0.2, -0.15) is 0 Å². The number of esters is 3. The summed E-state index contributed by atoms with van der Waals surface area (Å²) in [5.41, 5.74) is 0. The van der Waals surface area contributed by atoms with Gasteiger partial charge in [-0.3, -0.25) is 14.4 Å². The topological polar surface area (TPSA) is 78.9 Å². The van der Waals surface area contributed by atoms with Crippen molar-refractivity contribution >= 4 is 17.9 Å². The summed E-state index contributed by atoms with van der Waals surface area (Å²) in [6.45, 7) is 6.21. The molecule has 1 unspecified atom stereocenters. The van der Waals surface area contributed by atoms with Gasteiger partial charge in [0.15, 0.2) is 6.10 Å². The summed E-state index contributed by atoms with van der Waals surface area (Å²) < 4.78 is 16.8. The molecule has 1 atom stereocenters. The quantitative estimate of drug-likeness (QED) is 0.0261. The second-order valence-corrected chi connectivity index (χ2v) is 20.9. The van der Waals surface area contributed by atoms with Crippen LogP contribution in [-0.4, -0.2) is 37.2 Å². The lowest BCUT2D eigenvalue weighted by atomic mass is 10.0. The zero-order valence-electron chi connectivity index (χ0n) is 52.0. The first-order valence-electron chi connectivity index (χ1n) is 32.6. The van der Waals surface area contributed by atoms with Crippen LogP contribution in [-0.2, 0) is 28.6 Å². The fourth-order valence-corrected chi connectivity index (χ4v) is 8.44. The van der Waals surface area contributed by atoms with E-state index < -0.39 is 6.10 Å². The Hall–Kier alpha value is -5.23. The molecule has 454 valence electrons. The van der Waals surface area contributed by atoms with Crippen molar-refractivity contribution < 1.29 is 28.6 Å². The van der Waals surface area contributed by atoms with Crippen LogP contribution >= 0.6 is 0 Å². The summed E-state index contributed by atoms with van der Waals surface area (Å²) in [7, 11) is 0. The molecule has 0 aliphatic carbocycles. The fourth-order valence-electron chi connectivity index (χ4n) is 8.44. The molecule has 0 bridgehead atoms. The van der Waals surface area contributed by atoms with Gasteiger partial charge >= 0.3 is 17.9 Å². The maximum Gasteiger partial charge on any atom is 0.306 e. The summed E-state index contributed by atoms with van der Waals surface area (Å²) >= 11 is 0. The van der Waals surface area contributed by atoms with Gasteiger partial charge in [0.25, 0.3) is 0 Å². The van der Waals surface area contributed by atoms with Crippen LogP contribution in [0.3, 0.4) is 0 Å². The average Bonchev–Trinajstić information content (AvgIpc) is 3.47. The van der Waals surface area contributed by atoms with Crippen molar-refractivity contribution in [2.24, 2.45) is 0 Å². The van der Waals surface area contributed by atoms with Crippen LogP contribution in [0.2, 0.25) is 0 Å². The maximum atomic E-state index is 12.9. The average molecular weight is 1120 g/mol. The normalized spacial score (nSPS) is 13.3. The van der Waals surface area contributed by atoms with E-state index in [9.17, 15) is 14.4 Å². The molecule has 0 aliphatic rings. The van der Waals surface area contributed by atoms with E-state index >= 15 is 0 Å². The van der Waals surface area contributed by atoms with Crippen LogP contribution in [0.25, 0.3) is 0 Å². The number of hydrogen-bond acceptors (Lipinski definition) is 6. The first-order chi connectivity index (χ1) is 40.0. The highest BCUT2D eigenvalue weighted by atomic mass is 16.6. The Bertz CT molecular complexity index is 1860. The highest BCUT2D eigenvalue weighted by Crippen LogP contribution is 2.15. The SMILES string of the molecule is CC/C=C\C/C=C\C/C=C\C/C=C\C/C=C\CCCCCCCCCCCCCCCCCC(=O)OCC(COC(=O)CCCC/C=C\C/C=C\C/C=C\C/C=C\CC)OC(=O)CCC/C=C\C/C=C\C/C=C\C/C=C\C/C=C\CC. The van der Waals surface area contributed by atoms with E-state index in [0.717, 1.165) is 128 Å². The molecule has 6 nitrogen and oxygen atoms in total. The largest absolute Gasteiger partial charge is 0.462 e. The van der Waals surface area contributed by atoms with E-state index in [1.165, 1.54) is 83.5 Å². The summed E-state index contributed by atoms with van der Waals surface area (Å²) in [6, 6.07) is 0. The van der Waals surface area contributed by atoms with E-state index in [4.69, 9.17) is 14.2 Å². The Morgan fingerprint density at radius 1 is 0.247 bits per heavy atom. The van der Waals surface area contributed by atoms with Crippen molar-refractivity contribution in [2.75, 3.05) is 13.2 Å². The van der Waals surface area contributed by atoms with E-state index in [1.54, 1.807) is 0 Å². The number of unbranched alkanes of at least 4 members (excludes halogenated alkanes) is 18. The number of ether oxygens (including phenoxy) is 3. The highest BCUT2D eigenvalue weighted by molar-refractivity contribution is 5.71. The lowest BCUT2D eigenvalue weighted by Gasteiger charge is -2.18. The van der Waals surface area contributed by atoms with Gasteiger partial charge in [0.05, 0.1) is 0 Å². The molecule has 0 aliphatic heterocycles. The van der Waals surface area contributed by atoms with Crippen LogP contribution < -0.4 is 0 Å². The number of hydrogen-bond donors (Lipinski definition) is 0. The third kappa shape index (κ3) is 65.5. The standard InChI is InChI=1S/C75H118O6/c1-4-7-10-13-16-19-22-25-28-30-31-32-33-34-35-36-37-38-39-40-41-42-43-45-47-50-53-56-59-62-65-68-74(77)80-71-72(70-79-73(76)67-64-61-58-55-52-49-46-27-24-21-18-15-12-9-6-3)81-75(78)69-66-63-60-57-54-51-48-44-29-26-23-20-17-14-11-8-5-2/h7-12,16-21,25-29,31-32,34-35,46,48,51-52,55,57,60,72H,4-6,13-15,22-24,30,33,36-45,47,49-50,53-54,56,58-59,61-71H2,1-3H3/b10-7-,11-8-,12-9-,19-16-,20-17-,21-18-,28-25-,29-26-,32-31-,35-34-,46-27-,51-48-,55-52-,60-57-. The number of carbonyl (C=O) groups is 3. The molecule has 6 heteroatoms. The van der Waals surface area contributed by atoms with Crippen molar-refractivity contribution in [1.82, 2.24) is 0 Å². The Kier molecular flexibility index (Phi) is 62.9. The molecule has 0 saturated heterocycles. The summed E-state index contributed by atoms with van der Waals surface area (Å²) in [5, 5.41) is 0. The molecular weight excluding hydrogens is 997 g/mol. The molecule has 0 aromatic rings. The Morgan fingerprint density at radius 3 is 0.753 bits per heavy atom. The Morgan fingerprint density at radius 2 is 0.457 bits per heavy atom. The van der Waals surface area contributed by atoms with Crippen LogP contribution in [0.5, 0.6) is 0 Å². The predicted molar refractivity (Wildman–Crippen MR) is 352 cm³/mol. The lowest BCUT2D eigenvalue weighted by molar-refractivity contribution is -0.167. The Balaban J connectivity index is 4.36. The monoisotopic (exact) mass is 1110 g/mol. The van der Waals surface area contributed by atoms with Gasteiger partial charge in [0.1, 0.15) is 13.2 Å². The predicted octanol–water partition coefficient (Wildman–Crippen LogP) is 22.7. The van der Waals surface area contributed by atoms with Crippen LogP contribution in [0, 0.1) is 0 Å². The van der Waals surface area contributed by atoms with Crippen molar-refractivity contribution in [3.63, 3.8) is 0 Å². The second-order valence-electron chi connectivity index (χ2n) is 20.9. The van der Waals surface area contributed by atoms with E-state index in [1.807, 2.05) is 0 Å². The third-order valence-corrected chi connectivity index (χ3v) is 13.2. The van der Waals surface area contributed by atoms with Gasteiger partial charge in [-0.05, 0) is 141 Å². The highest BCUT2D eigenvalue weighted by Gasteiger charge is 2.19. The van der Waals surface area contributed by atoms with Gasteiger partial charge in [-0.15, -0.1) is 0 Å². The first kappa shape index (κ1) is 75.8. The molecule has 0 aromatic carbocycles. The molecule has 0 radical (unpaired) electrons. The van der Waals surface area contributed by atoms with Crippen molar-refractivity contribution in [1.29, 1.82) is 0 Å². The van der Waals surface area contributed by atoms with Crippen LogP contribution in [0.4, 0.5) is 0 Å². The van der Waals surface area contributed by atoms with Crippen molar-refractivity contribution in [3.05, 3.63) is 170 Å². The zero-order chi connectivity index (χ0) is 58.5. The number of allylic oxidation sites excluding steroid dienone is 28. The van der Waals surface area contributed by atoms with Gasteiger partial charge in [-0.1, -0.05) is 274 Å².